The minimum atomic E-state index is -3.90. The van der Waals surface area contributed by atoms with Crippen LogP contribution in [0.1, 0.15) is 0 Å². The number of sulfonamides is 1. The first kappa shape index (κ1) is 11.5. The number of amides is 2. The van der Waals surface area contributed by atoms with Gasteiger partial charge < -0.3 is 14.8 Å². The monoisotopic (exact) mass is 258 g/mol. The molecule has 0 fully saturated rings. The number of ether oxygens (including phenoxy) is 2. The molecule has 0 spiro atoms. The highest BCUT2D eigenvalue weighted by Gasteiger charge is 2.32. The summed E-state index contributed by atoms with van der Waals surface area (Å²) >= 11 is 0. The predicted octanol–water partition coefficient (Wildman–Crippen LogP) is 0.528. The van der Waals surface area contributed by atoms with Gasteiger partial charge in [-0.25, -0.2) is 17.9 Å². The zero-order valence-electron chi connectivity index (χ0n) is 9.10. The van der Waals surface area contributed by atoms with Crippen LogP contribution in [0.3, 0.4) is 0 Å². The second kappa shape index (κ2) is 3.81. The van der Waals surface area contributed by atoms with Crippen LogP contribution in [0.5, 0.6) is 11.5 Å². The highest BCUT2D eigenvalue weighted by molar-refractivity contribution is 7.90. The van der Waals surface area contributed by atoms with Crippen LogP contribution < -0.4 is 19.5 Å². The molecule has 0 aliphatic carbocycles. The van der Waals surface area contributed by atoms with Crippen molar-refractivity contribution >= 4 is 21.7 Å². The number of hydrogen-bond donors (Lipinski definition) is 2. The summed E-state index contributed by atoms with van der Waals surface area (Å²) in [5.74, 6) is 0.491. The molecule has 7 nitrogen and oxygen atoms in total. The Morgan fingerprint density at radius 1 is 1.18 bits per heavy atom. The van der Waals surface area contributed by atoms with Crippen LogP contribution in [-0.4, -0.2) is 28.7 Å². The fourth-order valence-corrected chi connectivity index (χ4v) is 2.74. The van der Waals surface area contributed by atoms with E-state index in [1.807, 2.05) is 4.72 Å². The minimum absolute atomic E-state index is 0.104. The number of urea groups is 1. The molecule has 0 unspecified atom stereocenters. The lowest BCUT2D eigenvalue weighted by Crippen LogP contribution is -2.39. The highest BCUT2D eigenvalue weighted by Crippen LogP contribution is 2.37. The Labute approximate surface area is 97.8 Å². The first-order chi connectivity index (χ1) is 7.97. The van der Waals surface area contributed by atoms with Crippen LogP contribution in [0.2, 0.25) is 0 Å². The molecule has 0 aromatic heterocycles. The molecule has 0 saturated heterocycles. The lowest BCUT2D eigenvalue weighted by molar-refractivity contribution is 0.256. The third-order valence-electron chi connectivity index (χ3n) is 2.23. The van der Waals surface area contributed by atoms with Crippen molar-refractivity contribution < 1.29 is 22.7 Å². The fourth-order valence-electron chi connectivity index (χ4n) is 1.54. The molecule has 1 aliphatic rings. The SMILES string of the molecule is COc1cc2c(c(OC)c1)S(=O)(=O)NC(=O)N2. The minimum Gasteiger partial charge on any atom is -0.497 e. The van der Waals surface area contributed by atoms with E-state index in [9.17, 15) is 13.2 Å². The van der Waals surface area contributed by atoms with E-state index >= 15 is 0 Å². The molecular formula is C9H10N2O5S. The molecule has 2 N–H and O–H groups in total. The molecular weight excluding hydrogens is 248 g/mol. The summed E-state index contributed by atoms with van der Waals surface area (Å²) in [5, 5.41) is 2.38. The van der Waals surface area contributed by atoms with Crippen molar-refractivity contribution in [2.75, 3.05) is 19.5 Å². The number of methoxy groups -OCH3 is 2. The largest absolute Gasteiger partial charge is 0.497 e. The van der Waals surface area contributed by atoms with Gasteiger partial charge in [0.2, 0.25) is 0 Å². The van der Waals surface area contributed by atoms with Gasteiger partial charge in [-0.3, -0.25) is 0 Å². The summed E-state index contributed by atoms with van der Waals surface area (Å²) in [6.45, 7) is 0. The standard InChI is InChI=1S/C9H10N2O5S/c1-15-5-3-6-8(7(4-5)16-2)17(13,14)11-9(12)10-6/h3-4H,1-2H3,(H2,10,11,12). The topological polar surface area (TPSA) is 93.7 Å². The van der Waals surface area contributed by atoms with E-state index in [1.54, 1.807) is 0 Å². The summed E-state index contributed by atoms with van der Waals surface area (Å²) in [6, 6.07) is 2.02. The number of fused-ring (bicyclic) bond motifs is 1. The molecule has 1 aliphatic heterocycles. The van der Waals surface area contributed by atoms with Gasteiger partial charge in [0.05, 0.1) is 19.9 Å². The summed E-state index contributed by atoms with van der Waals surface area (Å²) in [5.41, 5.74) is 0.130. The summed E-state index contributed by atoms with van der Waals surface area (Å²) in [4.78, 5) is 11.0. The van der Waals surface area contributed by atoms with Crippen LogP contribution >= 0.6 is 0 Å². The van der Waals surface area contributed by atoms with Gasteiger partial charge >= 0.3 is 6.03 Å². The molecule has 0 saturated carbocycles. The van der Waals surface area contributed by atoms with Gasteiger partial charge in [0.15, 0.2) is 4.90 Å². The van der Waals surface area contributed by atoms with E-state index < -0.39 is 16.1 Å². The van der Waals surface area contributed by atoms with Crippen molar-refractivity contribution in [3.8, 4) is 11.5 Å². The predicted molar refractivity (Wildman–Crippen MR) is 58.9 cm³/mol. The molecule has 1 aromatic rings. The zero-order valence-corrected chi connectivity index (χ0v) is 9.92. The van der Waals surface area contributed by atoms with E-state index in [-0.39, 0.29) is 16.3 Å². The molecule has 8 heteroatoms. The molecule has 17 heavy (non-hydrogen) atoms. The molecule has 1 aromatic carbocycles. The van der Waals surface area contributed by atoms with Crippen molar-refractivity contribution in [1.82, 2.24) is 4.72 Å². The van der Waals surface area contributed by atoms with Gasteiger partial charge in [0.1, 0.15) is 11.5 Å². The maximum Gasteiger partial charge on any atom is 0.333 e. The molecule has 1 heterocycles. The Balaban J connectivity index is 2.74. The Morgan fingerprint density at radius 2 is 1.88 bits per heavy atom. The van der Waals surface area contributed by atoms with Crippen molar-refractivity contribution in [3.63, 3.8) is 0 Å². The van der Waals surface area contributed by atoms with Crippen LogP contribution in [-0.2, 0) is 10.0 Å². The molecule has 0 atom stereocenters. The average molecular weight is 258 g/mol. The van der Waals surface area contributed by atoms with Crippen molar-refractivity contribution in [2.24, 2.45) is 0 Å². The molecule has 2 amide bonds. The maximum absolute atomic E-state index is 11.8. The summed E-state index contributed by atoms with van der Waals surface area (Å²) in [7, 11) is -1.14. The van der Waals surface area contributed by atoms with Gasteiger partial charge in [0.25, 0.3) is 10.0 Å². The number of benzene rings is 1. The Bertz CT molecular complexity index is 581. The van der Waals surface area contributed by atoms with E-state index in [4.69, 9.17) is 9.47 Å². The second-order valence-corrected chi connectivity index (χ2v) is 4.89. The van der Waals surface area contributed by atoms with Gasteiger partial charge in [0, 0.05) is 12.1 Å². The number of carbonyl (C=O) groups is 1. The van der Waals surface area contributed by atoms with E-state index in [0.717, 1.165) is 0 Å². The van der Waals surface area contributed by atoms with Crippen molar-refractivity contribution in [1.29, 1.82) is 0 Å². The van der Waals surface area contributed by atoms with E-state index in [0.29, 0.717) is 5.75 Å². The average Bonchev–Trinajstić information content (AvgIpc) is 2.25. The normalized spacial score (nSPS) is 16.5. The molecule has 2 rings (SSSR count). The summed E-state index contributed by atoms with van der Waals surface area (Å²) in [6.07, 6.45) is 0. The van der Waals surface area contributed by atoms with E-state index in [2.05, 4.69) is 5.32 Å². The molecule has 0 radical (unpaired) electrons. The second-order valence-electron chi connectivity index (χ2n) is 3.27. The maximum atomic E-state index is 11.8. The first-order valence-corrected chi connectivity index (χ1v) is 6.06. The van der Waals surface area contributed by atoms with E-state index in [1.165, 1.54) is 26.4 Å². The number of hydrogen-bond acceptors (Lipinski definition) is 5. The van der Waals surface area contributed by atoms with Crippen LogP contribution in [0.15, 0.2) is 17.0 Å². The lowest BCUT2D eigenvalue weighted by atomic mass is 10.2. The number of rotatable bonds is 2. The fraction of sp³-hybridized carbons (Fsp3) is 0.222. The first-order valence-electron chi connectivity index (χ1n) is 4.58. The van der Waals surface area contributed by atoms with Crippen LogP contribution in [0, 0.1) is 0 Å². The summed E-state index contributed by atoms with van der Waals surface area (Å²) < 4.78 is 35.3. The molecule has 92 valence electrons. The van der Waals surface area contributed by atoms with Gasteiger partial charge in [-0.1, -0.05) is 0 Å². The van der Waals surface area contributed by atoms with Crippen molar-refractivity contribution in [2.45, 2.75) is 4.90 Å². The van der Waals surface area contributed by atoms with Gasteiger partial charge in [-0.15, -0.1) is 0 Å². The third-order valence-corrected chi connectivity index (χ3v) is 3.64. The number of nitrogens with one attached hydrogen (secondary N) is 2. The lowest BCUT2D eigenvalue weighted by Gasteiger charge is -2.21. The van der Waals surface area contributed by atoms with Crippen LogP contribution in [0.25, 0.3) is 0 Å². The number of anilines is 1. The van der Waals surface area contributed by atoms with Crippen molar-refractivity contribution in [3.05, 3.63) is 12.1 Å². The smallest absolute Gasteiger partial charge is 0.333 e. The Hall–Kier alpha value is -1.96. The van der Waals surface area contributed by atoms with Crippen LogP contribution in [0.4, 0.5) is 10.5 Å². The third kappa shape index (κ3) is 1.86. The van der Waals surface area contributed by atoms with Gasteiger partial charge in [-0.2, -0.15) is 0 Å². The zero-order chi connectivity index (χ0) is 12.6. The molecule has 0 bridgehead atoms. The van der Waals surface area contributed by atoms with Gasteiger partial charge in [-0.05, 0) is 0 Å². The highest BCUT2D eigenvalue weighted by atomic mass is 32.2. The Kier molecular flexibility index (Phi) is 2.58. The Morgan fingerprint density at radius 3 is 2.47 bits per heavy atom. The quantitative estimate of drug-likeness (QED) is 0.807. The number of carbonyl (C=O) groups excluding carboxylic acids is 1.